The SMILES string of the molecule is Cc1ccc(CNC(=O)CCc2nnc(C(=O)Nc3ccc(F)cc3)s2)cc1. The van der Waals surface area contributed by atoms with Crippen LogP contribution in [0.15, 0.2) is 48.5 Å². The molecular weight excluding hydrogens is 379 g/mol. The summed E-state index contributed by atoms with van der Waals surface area (Å²) in [7, 11) is 0. The number of nitrogens with one attached hydrogen (secondary N) is 2. The highest BCUT2D eigenvalue weighted by Gasteiger charge is 2.14. The normalized spacial score (nSPS) is 10.5. The van der Waals surface area contributed by atoms with Crippen LogP contribution in [0.1, 0.15) is 32.4 Å². The zero-order valence-electron chi connectivity index (χ0n) is 15.2. The Balaban J connectivity index is 1.45. The first-order valence-electron chi connectivity index (χ1n) is 8.71. The number of aryl methyl sites for hydroxylation is 2. The summed E-state index contributed by atoms with van der Waals surface area (Å²) in [6.07, 6.45) is 0.668. The second-order valence-corrected chi connectivity index (χ2v) is 7.29. The number of aromatic nitrogens is 2. The van der Waals surface area contributed by atoms with E-state index in [1.807, 2.05) is 31.2 Å². The van der Waals surface area contributed by atoms with E-state index in [2.05, 4.69) is 20.8 Å². The number of amides is 2. The number of rotatable bonds is 7. The standard InChI is InChI=1S/C20H19FN4O2S/c1-13-2-4-14(5-3-13)12-22-17(26)10-11-18-24-25-20(28-18)19(27)23-16-8-6-15(21)7-9-16/h2-9H,10-12H2,1H3,(H,22,26)(H,23,27). The molecule has 0 saturated heterocycles. The van der Waals surface area contributed by atoms with Gasteiger partial charge in [0.15, 0.2) is 0 Å². The third-order valence-corrected chi connectivity index (χ3v) is 4.92. The molecule has 0 aliphatic carbocycles. The lowest BCUT2D eigenvalue weighted by Crippen LogP contribution is -2.22. The number of benzene rings is 2. The summed E-state index contributed by atoms with van der Waals surface area (Å²) >= 11 is 1.13. The van der Waals surface area contributed by atoms with E-state index in [0.29, 0.717) is 23.7 Å². The lowest BCUT2D eigenvalue weighted by molar-refractivity contribution is -0.121. The van der Waals surface area contributed by atoms with Crippen LogP contribution < -0.4 is 10.6 Å². The van der Waals surface area contributed by atoms with Gasteiger partial charge in [0, 0.05) is 25.1 Å². The summed E-state index contributed by atoms with van der Waals surface area (Å²) in [4.78, 5) is 24.2. The van der Waals surface area contributed by atoms with Gasteiger partial charge in [-0.1, -0.05) is 41.2 Å². The van der Waals surface area contributed by atoms with Crippen molar-refractivity contribution in [1.29, 1.82) is 0 Å². The van der Waals surface area contributed by atoms with E-state index in [1.54, 1.807) is 0 Å². The smallest absolute Gasteiger partial charge is 0.286 e. The predicted octanol–water partition coefficient (Wildman–Crippen LogP) is 3.49. The molecule has 2 amide bonds. The molecule has 8 heteroatoms. The molecule has 3 aromatic rings. The molecule has 28 heavy (non-hydrogen) atoms. The van der Waals surface area contributed by atoms with Gasteiger partial charge < -0.3 is 10.6 Å². The molecule has 0 aliphatic heterocycles. The molecule has 0 aliphatic rings. The molecule has 1 aromatic heterocycles. The van der Waals surface area contributed by atoms with Gasteiger partial charge >= 0.3 is 0 Å². The number of nitrogens with zero attached hydrogens (tertiary/aromatic N) is 2. The number of hydrogen-bond acceptors (Lipinski definition) is 5. The molecule has 144 valence electrons. The van der Waals surface area contributed by atoms with Crippen LogP contribution >= 0.6 is 11.3 Å². The Labute approximate surface area is 165 Å². The topological polar surface area (TPSA) is 84.0 Å². The summed E-state index contributed by atoms with van der Waals surface area (Å²) in [5.74, 6) is -0.885. The van der Waals surface area contributed by atoms with Gasteiger partial charge in [-0.15, -0.1) is 10.2 Å². The Morgan fingerprint density at radius 2 is 1.75 bits per heavy atom. The maximum absolute atomic E-state index is 12.9. The minimum absolute atomic E-state index is 0.0897. The van der Waals surface area contributed by atoms with Crippen molar-refractivity contribution in [3.8, 4) is 0 Å². The lowest BCUT2D eigenvalue weighted by atomic mass is 10.1. The second kappa shape index (κ2) is 9.18. The van der Waals surface area contributed by atoms with Crippen LogP contribution in [0, 0.1) is 12.7 Å². The van der Waals surface area contributed by atoms with Crippen molar-refractivity contribution in [2.24, 2.45) is 0 Å². The second-order valence-electron chi connectivity index (χ2n) is 6.22. The third-order valence-electron chi connectivity index (χ3n) is 3.94. The molecule has 0 saturated carbocycles. The van der Waals surface area contributed by atoms with E-state index >= 15 is 0 Å². The van der Waals surface area contributed by atoms with Crippen molar-refractivity contribution < 1.29 is 14.0 Å². The van der Waals surface area contributed by atoms with Gasteiger partial charge in [0.1, 0.15) is 10.8 Å². The molecule has 0 bridgehead atoms. The van der Waals surface area contributed by atoms with Crippen molar-refractivity contribution in [2.75, 3.05) is 5.32 Å². The number of halogens is 1. The third kappa shape index (κ3) is 5.68. The zero-order valence-corrected chi connectivity index (χ0v) is 16.1. The maximum atomic E-state index is 12.9. The summed E-state index contributed by atoms with van der Waals surface area (Å²) < 4.78 is 12.9. The molecule has 0 unspecified atom stereocenters. The number of carbonyl (C=O) groups is 2. The maximum Gasteiger partial charge on any atom is 0.286 e. The van der Waals surface area contributed by atoms with Gasteiger partial charge in [0.05, 0.1) is 0 Å². The van der Waals surface area contributed by atoms with Gasteiger partial charge in [-0.2, -0.15) is 0 Å². The van der Waals surface area contributed by atoms with E-state index in [-0.39, 0.29) is 23.2 Å². The minimum atomic E-state index is -0.417. The van der Waals surface area contributed by atoms with Crippen molar-refractivity contribution in [1.82, 2.24) is 15.5 Å². The van der Waals surface area contributed by atoms with Crippen molar-refractivity contribution in [3.05, 3.63) is 75.5 Å². The average molecular weight is 398 g/mol. The highest BCUT2D eigenvalue weighted by Crippen LogP contribution is 2.15. The van der Waals surface area contributed by atoms with Crippen LogP contribution in [0.25, 0.3) is 0 Å². The Hall–Kier alpha value is -3.13. The molecule has 1 heterocycles. The fourth-order valence-corrected chi connectivity index (χ4v) is 3.11. The Morgan fingerprint density at radius 3 is 2.46 bits per heavy atom. The number of anilines is 1. The summed E-state index contributed by atoms with van der Waals surface area (Å²) in [6, 6.07) is 13.4. The Morgan fingerprint density at radius 1 is 1.04 bits per heavy atom. The largest absolute Gasteiger partial charge is 0.352 e. The zero-order chi connectivity index (χ0) is 19.9. The summed E-state index contributed by atoms with van der Waals surface area (Å²) in [5.41, 5.74) is 2.68. The van der Waals surface area contributed by atoms with E-state index in [4.69, 9.17) is 0 Å². The first kappa shape index (κ1) is 19.6. The fraction of sp³-hybridized carbons (Fsp3) is 0.200. The van der Waals surface area contributed by atoms with Crippen molar-refractivity contribution in [3.63, 3.8) is 0 Å². The van der Waals surface area contributed by atoms with Crippen LogP contribution in [-0.2, 0) is 17.8 Å². The van der Waals surface area contributed by atoms with E-state index < -0.39 is 5.91 Å². The van der Waals surface area contributed by atoms with Crippen molar-refractivity contribution >= 4 is 28.8 Å². The van der Waals surface area contributed by atoms with Crippen LogP contribution in [-0.4, -0.2) is 22.0 Å². The van der Waals surface area contributed by atoms with Crippen LogP contribution in [0.4, 0.5) is 10.1 Å². The van der Waals surface area contributed by atoms with Crippen LogP contribution in [0.2, 0.25) is 0 Å². The van der Waals surface area contributed by atoms with Crippen LogP contribution in [0.3, 0.4) is 0 Å². The number of hydrogen-bond donors (Lipinski definition) is 2. The molecule has 0 fully saturated rings. The van der Waals surface area contributed by atoms with Gasteiger partial charge in [-0.05, 0) is 36.8 Å². The fourth-order valence-electron chi connectivity index (χ4n) is 2.38. The Bertz CT molecular complexity index is 955. The lowest BCUT2D eigenvalue weighted by Gasteiger charge is -2.05. The highest BCUT2D eigenvalue weighted by molar-refractivity contribution is 7.13. The van der Waals surface area contributed by atoms with Gasteiger partial charge in [0.2, 0.25) is 10.9 Å². The molecule has 0 spiro atoms. The molecule has 0 atom stereocenters. The molecule has 6 nitrogen and oxygen atoms in total. The highest BCUT2D eigenvalue weighted by atomic mass is 32.1. The average Bonchev–Trinajstić information content (AvgIpc) is 3.17. The first-order chi connectivity index (χ1) is 13.5. The van der Waals surface area contributed by atoms with Gasteiger partial charge in [0.25, 0.3) is 5.91 Å². The summed E-state index contributed by atoms with van der Waals surface area (Å²) in [5, 5.41) is 14.1. The van der Waals surface area contributed by atoms with Crippen LogP contribution in [0.5, 0.6) is 0 Å². The van der Waals surface area contributed by atoms with Gasteiger partial charge in [-0.25, -0.2) is 4.39 Å². The molecule has 2 aromatic carbocycles. The molecule has 3 rings (SSSR count). The first-order valence-corrected chi connectivity index (χ1v) is 9.53. The molecule has 2 N–H and O–H groups in total. The predicted molar refractivity (Wildman–Crippen MR) is 106 cm³/mol. The van der Waals surface area contributed by atoms with E-state index in [1.165, 1.54) is 29.8 Å². The monoisotopic (exact) mass is 398 g/mol. The Kier molecular flexibility index (Phi) is 6.44. The summed E-state index contributed by atoms with van der Waals surface area (Å²) in [6.45, 7) is 2.49. The molecule has 0 radical (unpaired) electrons. The van der Waals surface area contributed by atoms with E-state index in [0.717, 1.165) is 16.9 Å². The van der Waals surface area contributed by atoms with Gasteiger partial charge in [-0.3, -0.25) is 9.59 Å². The minimum Gasteiger partial charge on any atom is -0.352 e. The van der Waals surface area contributed by atoms with Crippen molar-refractivity contribution in [2.45, 2.75) is 26.3 Å². The molecular formula is C20H19FN4O2S. The quantitative estimate of drug-likeness (QED) is 0.638. The number of carbonyl (C=O) groups excluding carboxylic acids is 2. The van der Waals surface area contributed by atoms with E-state index in [9.17, 15) is 14.0 Å².